The Bertz CT molecular complexity index is 1120. The van der Waals surface area contributed by atoms with Crippen LogP contribution in [0.2, 0.25) is 0 Å². The zero-order chi connectivity index (χ0) is 20.4. The molecule has 29 heavy (non-hydrogen) atoms. The van der Waals surface area contributed by atoms with Crippen molar-refractivity contribution in [3.63, 3.8) is 0 Å². The molecule has 3 aromatic rings. The van der Waals surface area contributed by atoms with Crippen LogP contribution in [0.4, 0.5) is 5.69 Å². The third-order valence-corrected chi connectivity index (χ3v) is 8.08. The van der Waals surface area contributed by atoms with Gasteiger partial charge in [0.1, 0.15) is 0 Å². The molecule has 8 heteroatoms. The molecule has 0 radical (unpaired) electrons. The topological polar surface area (TPSA) is 80.5 Å². The predicted octanol–water partition coefficient (Wildman–Crippen LogP) is 4.70. The lowest BCUT2D eigenvalue weighted by molar-refractivity contribution is -0.384. The van der Waals surface area contributed by atoms with Gasteiger partial charge in [0.2, 0.25) is 10.0 Å². The summed E-state index contributed by atoms with van der Waals surface area (Å²) >= 11 is 1.52. The number of benzene rings is 3. The highest BCUT2D eigenvalue weighted by atomic mass is 32.2. The molecule has 1 fully saturated rings. The number of thioether (sulfide) groups is 1. The van der Waals surface area contributed by atoms with E-state index in [-0.39, 0.29) is 10.6 Å². The summed E-state index contributed by atoms with van der Waals surface area (Å²) in [6.45, 7) is 0.398. The normalized spacial score (nSPS) is 17.3. The first kappa shape index (κ1) is 19.6. The summed E-state index contributed by atoms with van der Waals surface area (Å²) in [6.07, 6.45) is 0. The van der Waals surface area contributed by atoms with Gasteiger partial charge in [0.05, 0.1) is 15.2 Å². The van der Waals surface area contributed by atoms with Gasteiger partial charge in [-0.05, 0) is 41.0 Å². The smallest absolute Gasteiger partial charge is 0.258 e. The van der Waals surface area contributed by atoms with Gasteiger partial charge in [0, 0.05) is 24.4 Å². The lowest BCUT2D eigenvalue weighted by atomic mass is 10.1. The zero-order valence-corrected chi connectivity index (χ0v) is 17.0. The molecule has 0 aromatic heterocycles. The quantitative estimate of drug-likeness (QED) is 0.436. The molecule has 1 saturated heterocycles. The van der Waals surface area contributed by atoms with Crippen LogP contribution in [0.1, 0.15) is 10.9 Å². The molecule has 4 rings (SSSR count). The summed E-state index contributed by atoms with van der Waals surface area (Å²) in [5, 5.41) is 10.5. The molecule has 0 bridgehead atoms. The third-order valence-electron chi connectivity index (χ3n) is 4.81. The standard InChI is InChI=1S/C21H18N2O4S2/c24-23(25)19-10-6-18(7-11-19)21-22(14-15-28-21)29(26,27)20-12-8-17(9-13-20)16-4-2-1-3-5-16/h1-13,21H,14-15H2. The second kappa shape index (κ2) is 7.98. The zero-order valence-electron chi connectivity index (χ0n) is 15.3. The Morgan fingerprint density at radius 3 is 2.14 bits per heavy atom. The molecule has 6 nitrogen and oxygen atoms in total. The number of hydrogen-bond acceptors (Lipinski definition) is 5. The molecular formula is C21H18N2O4S2. The number of nitro benzene ring substituents is 1. The van der Waals surface area contributed by atoms with Gasteiger partial charge in [-0.15, -0.1) is 11.8 Å². The van der Waals surface area contributed by atoms with E-state index in [1.807, 2.05) is 42.5 Å². The van der Waals surface area contributed by atoms with Crippen LogP contribution in [0.15, 0.2) is 83.8 Å². The SMILES string of the molecule is O=[N+]([O-])c1ccc(C2SCCN2S(=O)(=O)c2ccc(-c3ccccc3)cc2)cc1. The third kappa shape index (κ3) is 3.91. The Morgan fingerprint density at radius 1 is 0.897 bits per heavy atom. The molecule has 1 heterocycles. The summed E-state index contributed by atoms with van der Waals surface area (Å²) in [4.78, 5) is 10.6. The summed E-state index contributed by atoms with van der Waals surface area (Å²) in [6, 6.07) is 22.7. The highest BCUT2D eigenvalue weighted by molar-refractivity contribution is 8.01. The van der Waals surface area contributed by atoms with E-state index in [9.17, 15) is 18.5 Å². The van der Waals surface area contributed by atoms with E-state index in [0.717, 1.165) is 16.7 Å². The maximum absolute atomic E-state index is 13.2. The number of non-ortho nitro benzene ring substituents is 1. The van der Waals surface area contributed by atoms with Crippen LogP contribution in [-0.2, 0) is 10.0 Å². The van der Waals surface area contributed by atoms with Crippen molar-refractivity contribution in [1.29, 1.82) is 0 Å². The van der Waals surface area contributed by atoms with Crippen molar-refractivity contribution in [2.24, 2.45) is 0 Å². The van der Waals surface area contributed by atoms with Gasteiger partial charge in [-0.2, -0.15) is 4.31 Å². The highest BCUT2D eigenvalue weighted by Crippen LogP contribution is 2.41. The molecule has 0 spiro atoms. The second-order valence-electron chi connectivity index (χ2n) is 6.58. The largest absolute Gasteiger partial charge is 0.269 e. The minimum Gasteiger partial charge on any atom is -0.258 e. The van der Waals surface area contributed by atoms with Crippen molar-refractivity contribution in [2.45, 2.75) is 10.3 Å². The van der Waals surface area contributed by atoms with Crippen LogP contribution < -0.4 is 0 Å². The van der Waals surface area contributed by atoms with Crippen molar-refractivity contribution in [3.05, 3.63) is 94.5 Å². The van der Waals surface area contributed by atoms with Gasteiger partial charge >= 0.3 is 0 Å². The van der Waals surface area contributed by atoms with Crippen molar-refractivity contribution in [3.8, 4) is 11.1 Å². The van der Waals surface area contributed by atoms with Crippen molar-refractivity contribution < 1.29 is 13.3 Å². The van der Waals surface area contributed by atoms with E-state index in [4.69, 9.17) is 0 Å². The minimum absolute atomic E-state index is 0.0114. The summed E-state index contributed by atoms with van der Waals surface area (Å²) in [5.74, 6) is 0.670. The van der Waals surface area contributed by atoms with Crippen LogP contribution in [0.25, 0.3) is 11.1 Å². The van der Waals surface area contributed by atoms with Crippen molar-refractivity contribution in [1.82, 2.24) is 4.31 Å². The van der Waals surface area contributed by atoms with E-state index in [0.29, 0.717) is 12.3 Å². The van der Waals surface area contributed by atoms with Gasteiger partial charge in [0.25, 0.3) is 5.69 Å². The fraction of sp³-hybridized carbons (Fsp3) is 0.143. The Kier molecular flexibility index (Phi) is 5.40. The van der Waals surface area contributed by atoms with Gasteiger partial charge < -0.3 is 0 Å². The van der Waals surface area contributed by atoms with Crippen LogP contribution in [-0.4, -0.2) is 29.9 Å². The monoisotopic (exact) mass is 426 g/mol. The van der Waals surface area contributed by atoms with Crippen molar-refractivity contribution >= 4 is 27.5 Å². The Balaban J connectivity index is 1.61. The number of rotatable bonds is 5. The first-order valence-corrected chi connectivity index (χ1v) is 11.5. The molecule has 1 aliphatic heterocycles. The maximum Gasteiger partial charge on any atom is 0.269 e. The molecule has 0 N–H and O–H groups in total. The highest BCUT2D eigenvalue weighted by Gasteiger charge is 2.37. The predicted molar refractivity (Wildman–Crippen MR) is 114 cm³/mol. The number of nitro groups is 1. The van der Waals surface area contributed by atoms with E-state index in [1.165, 1.54) is 28.2 Å². The van der Waals surface area contributed by atoms with E-state index in [1.54, 1.807) is 24.3 Å². The van der Waals surface area contributed by atoms with Gasteiger partial charge in [-0.25, -0.2) is 8.42 Å². The van der Waals surface area contributed by atoms with Crippen LogP contribution in [0.5, 0.6) is 0 Å². The first-order chi connectivity index (χ1) is 14.0. The Hall–Kier alpha value is -2.68. The van der Waals surface area contributed by atoms with E-state index < -0.39 is 20.3 Å². The van der Waals surface area contributed by atoms with Gasteiger partial charge in [-0.3, -0.25) is 10.1 Å². The number of nitrogens with zero attached hydrogens (tertiary/aromatic N) is 2. The molecule has 1 atom stereocenters. The molecule has 148 valence electrons. The summed E-state index contributed by atoms with van der Waals surface area (Å²) in [7, 11) is -3.68. The molecule has 3 aromatic carbocycles. The molecular weight excluding hydrogens is 408 g/mol. The summed E-state index contributed by atoms with van der Waals surface area (Å²) in [5.41, 5.74) is 2.70. The summed E-state index contributed by atoms with van der Waals surface area (Å²) < 4.78 is 28.0. The lowest BCUT2D eigenvalue weighted by Gasteiger charge is -2.23. The number of sulfonamides is 1. The number of hydrogen-bond donors (Lipinski definition) is 0. The molecule has 0 amide bonds. The van der Waals surface area contributed by atoms with Crippen LogP contribution in [0.3, 0.4) is 0 Å². The maximum atomic E-state index is 13.2. The van der Waals surface area contributed by atoms with E-state index in [2.05, 4.69) is 0 Å². The Labute approximate surface area is 173 Å². The molecule has 0 saturated carbocycles. The van der Waals surface area contributed by atoms with E-state index >= 15 is 0 Å². The molecule has 1 aliphatic rings. The minimum atomic E-state index is -3.68. The van der Waals surface area contributed by atoms with Gasteiger partial charge in [-0.1, -0.05) is 42.5 Å². The van der Waals surface area contributed by atoms with Gasteiger partial charge in [0.15, 0.2) is 0 Å². The molecule has 1 unspecified atom stereocenters. The average molecular weight is 427 g/mol. The lowest BCUT2D eigenvalue weighted by Crippen LogP contribution is -2.30. The van der Waals surface area contributed by atoms with Crippen LogP contribution in [0, 0.1) is 10.1 Å². The fourth-order valence-corrected chi connectivity index (χ4v) is 6.55. The first-order valence-electron chi connectivity index (χ1n) is 9.00. The average Bonchev–Trinajstić information content (AvgIpc) is 3.25. The van der Waals surface area contributed by atoms with Crippen molar-refractivity contribution in [2.75, 3.05) is 12.3 Å². The Morgan fingerprint density at radius 2 is 1.52 bits per heavy atom. The molecule has 0 aliphatic carbocycles. The second-order valence-corrected chi connectivity index (χ2v) is 9.66. The van der Waals surface area contributed by atoms with Crippen LogP contribution >= 0.6 is 11.8 Å². The fourth-order valence-electron chi connectivity index (χ4n) is 3.31.